The fourth-order valence-electron chi connectivity index (χ4n) is 2.48. The maximum absolute atomic E-state index is 5.88. The molecule has 1 N–H and O–H groups in total. The van der Waals surface area contributed by atoms with E-state index in [1.165, 1.54) is 12.8 Å². The highest BCUT2D eigenvalue weighted by molar-refractivity contribution is 5.59. The van der Waals surface area contributed by atoms with Gasteiger partial charge in [-0.1, -0.05) is 30.3 Å². The molecule has 3 rings (SSSR count). The van der Waals surface area contributed by atoms with E-state index >= 15 is 0 Å². The van der Waals surface area contributed by atoms with Gasteiger partial charge in [-0.05, 0) is 25.3 Å². The Morgan fingerprint density at radius 2 is 1.95 bits per heavy atom. The summed E-state index contributed by atoms with van der Waals surface area (Å²) in [7, 11) is 0. The topological polar surface area (TPSA) is 41.1 Å². The molecular formula is C15H19N3O. The molecule has 0 radical (unpaired) electrons. The van der Waals surface area contributed by atoms with Gasteiger partial charge in [0.1, 0.15) is 0 Å². The molecule has 1 atom stereocenters. The number of likely N-dealkylation sites (tertiary alicyclic amines) is 1. The van der Waals surface area contributed by atoms with E-state index < -0.39 is 0 Å². The monoisotopic (exact) mass is 257 g/mol. The Morgan fingerprint density at radius 1 is 1.21 bits per heavy atom. The molecule has 1 saturated heterocycles. The molecule has 0 aliphatic carbocycles. The number of aromatic amines is 1. The minimum Gasteiger partial charge on any atom is -0.458 e. The summed E-state index contributed by atoms with van der Waals surface area (Å²) in [6, 6.07) is 12.1. The van der Waals surface area contributed by atoms with Crippen LogP contribution in [0.15, 0.2) is 36.4 Å². The van der Waals surface area contributed by atoms with Gasteiger partial charge < -0.3 is 4.74 Å². The predicted octanol–water partition coefficient (Wildman–Crippen LogP) is 2.90. The lowest BCUT2D eigenvalue weighted by Crippen LogP contribution is -2.34. The van der Waals surface area contributed by atoms with Gasteiger partial charge in [0.25, 0.3) is 0 Å². The third-order valence-electron chi connectivity index (χ3n) is 3.59. The largest absolute Gasteiger partial charge is 0.458 e. The van der Waals surface area contributed by atoms with Crippen LogP contribution in [0.1, 0.15) is 19.8 Å². The molecular weight excluding hydrogens is 238 g/mol. The zero-order chi connectivity index (χ0) is 13.1. The number of aromatic nitrogens is 2. The Bertz CT molecular complexity index is 517. The van der Waals surface area contributed by atoms with Crippen molar-refractivity contribution in [2.75, 3.05) is 13.1 Å². The maximum atomic E-state index is 5.88. The van der Waals surface area contributed by atoms with Crippen molar-refractivity contribution in [2.45, 2.75) is 26.0 Å². The number of benzene rings is 1. The number of nitrogens with one attached hydrogen (secondary N) is 1. The van der Waals surface area contributed by atoms with Crippen molar-refractivity contribution >= 4 is 0 Å². The molecule has 0 bridgehead atoms. The van der Waals surface area contributed by atoms with Gasteiger partial charge in [-0.15, -0.1) is 5.10 Å². The van der Waals surface area contributed by atoms with Gasteiger partial charge in [-0.2, -0.15) is 0 Å². The Morgan fingerprint density at radius 3 is 2.68 bits per heavy atom. The summed E-state index contributed by atoms with van der Waals surface area (Å²) in [4.78, 5) is 2.34. The van der Waals surface area contributed by atoms with Crippen molar-refractivity contribution in [1.29, 1.82) is 0 Å². The highest BCUT2D eigenvalue weighted by Crippen LogP contribution is 2.22. The zero-order valence-corrected chi connectivity index (χ0v) is 11.2. The summed E-state index contributed by atoms with van der Waals surface area (Å²) in [5.74, 6) is 0.665. The lowest BCUT2D eigenvalue weighted by atomic mass is 10.2. The number of ether oxygens (including phenoxy) is 1. The normalized spacial score (nSPS) is 17.5. The van der Waals surface area contributed by atoms with Crippen LogP contribution in [0.5, 0.6) is 5.88 Å². The van der Waals surface area contributed by atoms with Crippen LogP contribution in [0.4, 0.5) is 0 Å². The molecule has 1 fully saturated rings. The van der Waals surface area contributed by atoms with Crippen LogP contribution >= 0.6 is 0 Å². The van der Waals surface area contributed by atoms with Gasteiger partial charge in [0.15, 0.2) is 6.23 Å². The number of hydrogen-bond acceptors (Lipinski definition) is 3. The van der Waals surface area contributed by atoms with Crippen molar-refractivity contribution in [3.8, 4) is 17.1 Å². The second-order valence-corrected chi connectivity index (χ2v) is 4.95. The first kappa shape index (κ1) is 12.2. The number of hydrogen-bond donors (Lipinski definition) is 1. The highest BCUT2D eigenvalue weighted by Gasteiger charge is 2.20. The minimum absolute atomic E-state index is 0.0921. The lowest BCUT2D eigenvalue weighted by molar-refractivity contribution is 0.0551. The molecule has 19 heavy (non-hydrogen) atoms. The van der Waals surface area contributed by atoms with Gasteiger partial charge in [-0.25, -0.2) is 0 Å². The molecule has 1 aliphatic heterocycles. The summed E-state index contributed by atoms with van der Waals surface area (Å²) in [6.07, 6.45) is 2.63. The van der Waals surface area contributed by atoms with Crippen molar-refractivity contribution in [3.05, 3.63) is 36.4 Å². The second kappa shape index (κ2) is 5.45. The molecule has 4 nitrogen and oxygen atoms in total. The Hall–Kier alpha value is -1.81. The molecule has 1 aromatic heterocycles. The smallest absolute Gasteiger partial charge is 0.234 e. The van der Waals surface area contributed by atoms with Gasteiger partial charge in [0, 0.05) is 19.2 Å². The van der Waals surface area contributed by atoms with Crippen LogP contribution < -0.4 is 4.74 Å². The van der Waals surface area contributed by atoms with Crippen molar-refractivity contribution in [1.82, 2.24) is 15.1 Å². The SMILES string of the molecule is CC(Oc1cc(-c2ccccc2)[nH]n1)N1CCCC1. The molecule has 100 valence electrons. The molecule has 2 aromatic rings. The summed E-state index contributed by atoms with van der Waals surface area (Å²) < 4.78 is 5.88. The molecule has 1 unspecified atom stereocenters. The minimum atomic E-state index is 0.0921. The fourth-order valence-corrected chi connectivity index (χ4v) is 2.48. The van der Waals surface area contributed by atoms with Gasteiger partial charge >= 0.3 is 0 Å². The summed E-state index contributed by atoms with van der Waals surface area (Å²) in [5, 5.41) is 7.25. The van der Waals surface area contributed by atoms with Crippen LogP contribution in [0.25, 0.3) is 11.3 Å². The van der Waals surface area contributed by atoms with Gasteiger partial charge in [-0.3, -0.25) is 10.00 Å². The van der Waals surface area contributed by atoms with Crippen LogP contribution in [0.3, 0.4) is 0 Å². The average Bonchev–Trinajstić information content (AvgIpc) is 3.11. The average molecular weight is 257 g/mol. The molecule has 0 spiro atoms. The number of nitrogens with zero attached hydrogens (tertiary/aromatic N) is 2. The Balaban J connectivity index is 1.68. The van der Waals surface area contributed by atoms with Crippen LogP contribution in [-0.2, 0) is 0 Å². The molecule has 0 amide bonds. The lowest BCUT2D eigenvalue weighted by Gasteiger charge is -2.23. The summed E-state index contributed by atoms with van der Waals surface area (Å²) in [5.41, 5.74) is 2.11. The first-order valence-corrected chi connectivity index (χ1v) is 6.84. The van der Waals surface area contributed by atoms with E-state index in [0.717, 1.165) is 24.3 Å². The zero-order valence-electron chi connectivity index (χ0n) is 11.2. The van der Waals surface area contributed by atoms with Crippen LogP contribution in [0, 0.1) is 0 Å². The molecule has 4 heteroatoms. The summed E-state index contributed by atoms with van der Waals surface area (Å²) in [6.45, 7) is 4.33. The molecule has 1 aliphatic rings. The van der Waals surface area contributed by atoms with E-state index in [9.17, 15) is 0 Å². The van der Waals surface area contributed by atoms with E-state index in [1.807, 2.05) is 24.3 Å². The Kier molecular flexibility index (Phi) is 3.51. The first-order chi connectivity index (χ1) is 9.33. The third kappa shape index (κ3) is 2.79. The van der Waals surface area contributed by atoms with Crippen molar-refractivity contribution in [3.63, 3.8) is 0 Å². The maximum Gasteiger partial charge on any atom is 0.234 e. The van der Waals surface area contributed by atoms with E-state index in [0.29, 0.717) is 5.88 Å². The van der Waals surface area contributed by atoms with Crippen LogP contribution in [0.2, 0.25) is 0 Å². The highest BCUT2D eigenvalue weighted by atomic mass is 16.5. The van der Waals surface area contributed by atoms with E-state index in [4.69, 9.17) is 4.74 Å². The van der Waals surface area contributed by atoms with Crippen molar-refractivity contribution < 1.29 is 4.74 Å². The predicted molar refractivity (Wildman–Crippen MR) is 74.9 cm³/mol. The quantitative estimate of drug-likeness (QED) is 0.915. The third-order valence-corrected chi connectivity index (χ3v) is 3.59. The van der Waals surface area contributed by atoms with Crippen molar-refractivity contribution in [2.24, 2.45) is 0 Å². The number of H-pyrrole nitrogens is 1. The molecule has 2 heterocycles. The van der Waals surface area contributed by atoms with Gasteiger partial charge in [0.2, 0.25) is 5.88 Å². The standard InChI is InChI=1S/C15H19N3O/c1-12(18-9-5-6-10-18)19-15-11-14(16-17-15)13-7-3-2-4-8-13/h2-4,7-8,11-12H,5-6,9-10H2,1H3,(H,16,17). The van der Waals surface area contributed by atoms with E-state index in [-0.39, 0.29) is 6.23 Å². The number of rotatable bonds is 4. The Labute approximate surface area is 113 Å². The molecule has 0 saturated carbocycles. The fraction of sp³-hybridized carbons (Fsp3) is 0.400. The molecule has 1 aromatic carbocycles. The van der Waals surface area contributed by atoms with Crippen LogP contribution in [-0.4, -0.2) is 34.4 Å². The van der Waals surface area contributed by atoms with Gasteiger partial charge in [0.05, 0.1) is 5.69 Å². The summed E-state index contributed by atoms with van der Waals surface area (Å²) >= 11 is 0. The van der Waals surface area contributed by atoms with E-state index in [1.54, 1.807) is 0 Å². The first-order valence-electron chi connectivity index (χ1n) is 6.84. The second-order valence-electron chi connectivity index (χ2n) is 4.95. The van der Waals surface area contributed by atoms with E-state index in [2.05, 4.69) is 34.2 Å².